The third-order valence-electron chi connectivity index (χ3n) is 3.64. The summed E-state index contributed by atoms with van der Waals surface area (Å²) in [5, 5.41) is 0. The van der Waals surface area contributed by atoms with E-state index in [4.69, 9.17) is 9.47 Å². The maximum Gasteiger partial charge on any atom is 0.357 e. The number of unbranched alkanes of at least 4 members (excludes halogenated alkanes) is 1. The van der Waals surface area contributed by atoms with Crippen molar-refractivity contribution in [2.24, 2.45) is 0 Å². The number of nitrogens with zero attached hydrogens (tertiary/aromatic N) is 1. The molecule has 20 heavy (non-hydrogen) atoms. The lowest BCUT2D eigenvalue weighted by Crippen LogP contribution is -2.25. The second kappa shape index (κ2) is 7.39. The van der Waals surface area contributed by atoms with Gasteiger partial charge in [0.2, 0.25) is 0 Å². The highest BCUT2D eigenvalue weighted by atomic mass is 16.5. The number of rotatable bonds is 6. The van der Waals surface area contributed by atoms with Gasteiger partial charge < -0.3 is 9.47 Å². The van der Waals surface area contributed by atoms with E-state index in [2.05, 4.69) is 11.9 Å². The molecule has 0 N–H and O–H groups in total. The molecule has 0 spiro atoms. The minimum atomic E-state index is -0.310. The molecule has 0 aliphatic heterocycles. The number of fused-ring (bicyclic) bond motifs is 1. The zero-order chi connectivity index (χ0) is 14.4. The van der Waals surface area contributed by atoms with Crippen molar-refractivity contribution >= 4 is 5.97 Å². The van der Waals surface area contributed by atoms with Crippen LogP contribution < -0.4 is 0 Å². The highest BCUT2D eigenvalue weighted by Gasteiger charge is 2.24. The largest absolute Gasteiger partial charge is 0.461 e. The molecule has 1 aromatic heterocycles. The van der Waals surface area contributed by atoms with E-state index in [1.54, 1.807) is 6.20 Å². The third kappa shape index (κ3) is 3.57. The summed E-state index contributed by atoms with van der Waals surface area (Å²) in [5.74, 6) is -0.310. The summed E-state index contributed by atoms with van der Waals surface area (Å²) in [5.41, 5.74) is 2.70. The van der Waals surface area contributed by atoms with Crippen LogP contribution in [0.1, 0.15) is 54.7 Å². The van der Waals surface area contributed by atoms with Crippen LogP contribution >= 0.6 is 0 Å². The number of aromatic nitrogens is 1. The molecule has 1 aliphatic carbocycles. The van der Waals surface area contributed by atoms with Crippen molar-refractivity contribution in [3.8, 4) is 0 Å². The molecule has 4 nitrogen and oxygen atoms in total. The van der Waals surface area contributed by atoms with E-state index >= 15 is 0 Å². The first-order valence-electron chi connectivity index (χ1n) is 7.51. The van der Waals surface area contributed by atoms with Crippen molar-refractivity contribution in [3.63, 3.8) is 0 Å². The SMILES string of the molecule is CCCCOC1CCc2c(ccnc2C(=O)OCC)C1. The van der Waals surface area contributed by atoms with Crippen LogP contribution in [0.25, 0.3) is 0 Å². The third-order valence-corrected chi connectivity index (χ3v) is 3.64. The van der Waals surface area contributed by atoms with E-state index in [-0.39, 0.29) is 12.1 Å². The normalized spacial score (nSPS) is 17.6. The molecule has 1 aliphatic rings. The minimum Gasteiger partial charge on any atom is -0.461 e. The van der Waals surface area contributed by atoms with Crippen LogP contribution in [0.2, 0.25) is 0 Å². The lowest BCUT2D eigenvalue weighted by Gasteiger charge is -2.25. The van der Waals surface area contributed by atoms with Gasteiger partial charge in [0.05, 0.1) is 12.7 Å². The first kappa shape index (κ1) is 15.0. The number of hydrogen-bond acceptors (Lipinski definition) is 4. The minimum absolute atomic E-state index is 0.270. The topological polar surface area (TPSA) is 48.4 Å². The van der Waals surface area contributed by atoms with Crippen LogP contribution in [-0.4, -0.2) is 30.3 Å². The van der Waals surface area contributed by atoms with E-state index in [1.807, 2.05) is 13.0 Å². The average molecular weight is 277 g/mol. The molecule has 0 saturated carbocycles. The molecule has 1 atom stereocenters. The van der Waals surface area contributed by atoms with Gasteiger partial charge in [-0.3, -0.25) is 0 Å². The van der Waals surface area contributed by atoms with Crippen LogP contribution in [-0.2, 0) is 22.3 Å². The molecule has 4 heteroatoms. The number of carbonyl (C=O) groups excluding carboxylic acids is 1. The Morgan fingerprint density at radius 3 is 3.05 bits per heavy atom. The number of pyridine rings is 1. The Morgan fingerprint density at radius 2 is 2.30 bits per heavy atom. The second-order valence-electron chi connectivity index (χ2n) is 5.11. The quantitative estimate of drug-likeness (QED) is 0.592. The van der Waals surface area contributed by atoms with E-state index in [1.165, 1.54) is 5.56 Å². The predicted octanol–water partition coefficient (Wildman–Crippen LogP) is 2.93. The molecule has 2 rings (SSSR count). The summed E-state index contributed by atoms with van der Waals surface area (Å²) < 4.78 is 11.0. The van der Waals surface area contributed by atoms with Gasteiger partial charge in [-0.05, 0) is 49.8 Å². The second-order valence-corrected chi connectivity index (χ2v) is 5.11. The Hall–Kier alpha value is -1.42. The molecule has 0 amide bonds. The average Bonchev–Trinajstić information content (AvgIpc) is 2.47. The molecular formula is C16H23NO3. The standard InChI is InChI=1S/C16H23NO3/c1-3-5-10-20-13-6-7-14-12(11-13)8-9-17-15(14)16(18)19-4-2/h8-9,13H,3-7,10-11H2,1-2H3. The Labute approximate surface area is 120 Å². The van der Waals surface area contributed by atoms with Gasteiger partial charge in [-0.25, -0.2) is 9.78 Å². The molecule has 0 radical (unpaired) electrons. The van der Waals surface area contributed by atoms with Crippen molar-refractivity contribution in [1.82, 2.24) is 4.98 Å². The Kier molecular flexibility index (Phi) is 5.53. The first-order chi connectivity index (χ1) is 9.76. The molecule has 0 aromatic carbocycles. The van der Waals surface area contributed by atoms with E-state index < -0.39 is 0 Å². The van der Waals surface area contributed by atoms with Crippen molar-refractivity contribution in [2.45, 2.75) is 52.1 Å². The van der Waals surface area contributed by atoms with Gasteiger partial charge in [0.15, 0.2) is 5.69 Å². The predicted molar refractivity (Wildman–Crippen MR) is 76.9 cm³/mol. The van der Waals surface area contributed by atoms with Crippen molar-refractivity contribution < 1.29 is 14.3 Å². The molecule has 0 fully saturated rings. The van der Waals surface area contributed by atoms with Gasteiger partial charge in [-0.2, -0.15) is 0 Å². The van der Waals surface area contributed by atoms with Crippen LogP contribution in [0.5, 0.6) is 0 Å². The summed E-state index contributed by atoms with van der Waals surface area (Å²) in [4.78, 5) is 16.1. The van der Waals surface area contributed by atoms with Crippen LogP contribution in [0.3, 0.4) is 0 Å². The van der Waals surface area contributed by atoms with Crippen LogP contribution in [0, 0.1) is 0 Å². The maximum atomic E-state index is 11.9. The van der Waals surface area contributed by atoms with Crippen LogP contribution in [0.15, 0.2) is 12.3 Å². The zero-order valence-electron chi connectivity index (χ0n) is 12.4. The van der Waals surface area contributed by atoms with Crippen molar-refractivity contribution in [2.75, 3.05) is 13.2 Å². The smallest absolute Gasteiger partial charge is 0.357 e. The Bertz CT molecular complexity index is 459. The highest BCUT2D eigenvalue weighted by molar-refractivity contribution is 5.89. The van der Waals surface area contributed by atoms with E-state index in [0.29, 0.717) is 12.3 Å². The van der Waals surface area contributed by atoms with E-state index in [0.717, 1.165) is 44.3 Å². The maximum absolute atomic E-state index is 11.9. The summed E-state index contributed by atoms with van der Waals surface area (Å²) in [7, 11) is 0. The summed E-state index contributed by atoms with van der Waals surface area (Å²) in [6.45, 7) is 5.18. The first-order valence-corrected chi connectivity index (χ1v) is 7.51. The summed E-state index contributed by atoms with van der Waals surface area (Å²) >= 11 is 0. The highest BCUT2D eigenvalue weighted by Crippen LogP contribution is 2.25. The number of hydrogen-bond donors (Lipinski definition) is 0. The van der Waals surface area contributed by atoms with Gasteiger partial charge >= 0.3 is 5.97 Å². The molecule has 1 aromatic rings. The van der Waals surface area contributed by atoms with Crippen molar-refractivity contribution in [3.05, 3.63) is 29.1 Å². The van der Waals surface area contributed by atoms with E-state index in [9.17, 15) is 4.79 Å². The van der Waals surface area contributed by atoms with Gasteiger partial charge in [0.25, 0.3) is 0 Å². The summed E-state index contributed by atoms with van der Waals surface area (Å²) in [6, 6.07) is 1.99. The molecular weight excluding hydrogens is 254 g/mol. The van der Waals surface area contributed by atoms with Gasteiger partial charge in [-0.15, -0.1) is 0 Å². The fraction of sp³-hybridized carbons (Fsp3) is 0.625. The van der Waals surface area contributed by atoms with Gasteiger partial charge in [0, 0.05) is 12.8 Å². The molecule has 1 unspecified atom stereocenters. The lowest BCUT2D eigenvalue weighted by molar-refractivity contribution is 0.0412. The Balaban J connectivity index is 2.06. The van der Waals surface area contributed by atoms with Crippen molar-refractivity contribution in [1.29, 1.82) is 0 Å². The monoisotopic (exact) mass is 277 g/mol. The van der Waals surface area contributed by atoms with Gasteiger partial charge in [0.1, 0.15) is 0 Å². The fourth-order valence-corrected chi connectivity index (χ4v) is 2.57. The number of esters is 1. The number of carbonyl (C=O) groups is 1. The van der Waals surface area contributed by atoms with Gasteiger partial charge in [-0.1, -0.05) is 13.3 Å². The molecule has 0 bridgehead atoms. The Morgan fingerprint density at radius 1 is 1.45 bits per heavy atom. The molecule has 110 valence electrons. The molecule has 1 heterocycles. The number of ether oxygens (including phenoxy) is 2. The zero-order valence-corrected chi connectivity index (χ0v) is 12.4. The lowest BCUT2D eigenvalue weighted by atomic mass is 9.89. The molecule has 0 saturated heterocycles. The van der Waals surface area contributed by atoms with Crippen LogP contribution in [0.4, 0.5) is 0 Å². The fourth-order valence-electron chi connectivity index (χ4n) is 2.57. The summed E-state index contributed by atoms with van der Waals surface area (Å²) in [6.07, 6.45) is 6.89.